The van der Waals surface area contributed by atoms with E-state index in [1.807, 2.05) is 17.1 Å². The average molecular weight is 833 g/mol. The second-order valence-corrected chi connectivity index (χ2v) is 16.5. The third-order valence-electron chi connectivity index (χ3n) is 10.6. The van der Waals surface area contributed by atoms with Gasteiger partial charge >= 0.3 is 6.09 Å². The molecule has 8 rings (SSSR count). The van der Waals surface area contributed by atoms with E-state index in [4.69, 9.17) is 19.9 Å². The first kappa shape index (κ1) is 41.5. The summed E-state index contributed by atoms with van der Waals surface area (Å²) in [5.41, 5.74) is 10.2. The predicted molar refractivity (Wildman–Crippen MR) is 209 cm³/mol. The van der Waals surface area contributed by atoms with Gasteiger partial charge in [-0.25, -0.2) is 22.4 Å². The van der Waals surface area contributed by atoms with Crippen LogP contribution in [0.1, 0.15) is 79.5 Å². The molecule has 6 atom stereocenters. The zero-order valence-electron chi connectivity index (χ0n) is 32.0. The van der Waals surface area contributed by atoms with Gasteiger partial charge in [-0.15, -0.1) is 0 Å². The molecule has 57 heavy (non-hydrogen) atoms. The van der Waals surface area contributed by atoms with Gasteiger partial charge in [-0.05, 0) is 70.0 Å². The van der Waals surface area contributed by atoms with E-state index in [0.29, 0.717) is 50.9 Å². The minimum absolute atomic E-state index is 0.0264. The number of benzene rings is 2. The maximum atomic E-state index is 14.5. The van der Waals surface area contributed by atoms with Gasteiger partial charge in [0.15, 0.2) is 0 Å². The number of nitrogens with zero attached hydrogens (tertiary/aromatic N) is 6. The van der Waals surface area contributed by atoms with Crippen molar-refractivity contribution < 1.29 is 36.6 Å². The van der Waals surface area contributed by atoms with Gasteiger partial charge in [0.1, 0.15) is 41.1 Å². The number of rotatable bonds is 7. The molecule has 0 spiro atoms. The van der Waals surface area contributed by atoms with E-state index in [1.165, 1.54) is 11.6 Å². The topological polar surface area (TPSA) is 125 Å². The minimum atomic E-state index is -0.826. The molecule has 18 heteroatoms. The molecule has 4 aliphatic rings. The molecule has 0 bridgehead atoms. The molecular formula is C39H48F4N8O4S2. The highest BCUT2D eigenvalue weighted by Crippen LogP contribution is 2.36. The smallest absolute Gasteiger partial charge is 0.407 e. The lowest BCUT2D eigenvalue weighted by atomic mass is 9.92. The van der Waals surface area contributed by atoms with Crippen LogP contribution in [0, 0.1) is 23.3 Å². The lowest BCUT2D eigenvalue weighted by Crippen LogP contribution is -2.52. The van der Waals surface area contributed by atoms with Crippen molar-refractivity contribution >= 4 is 31.4 Å². The number of alkyl carbamates (subject to hydrolysis) is 1. The fourth-order valence-electron chi connectivity index (χ4n) is 7.99. The molecular weight excluding hydrogens is 785 g/mol. The summed E-state index contributed by atoms with van der Waals surface area (Å²) in [5, 5.41) is 11.8. The van der Waals surface area contributed by atoms with Gasteiger partial charge < -0.3 is 25.3 Å². The van der Waals surface area contributed by atoms with Crippen LogP contribution in [0.5, 0.6) is 0 Å². The predicted octanol–water partition coefficient (Wildman–Crippen LogP) is 6.01. The number of carbonyl (C=O) groups is 1. The maximum Gasteiger partial charge on any atom is 0.407 e. The Kier molecular flexibility index (Phi) is 12.6. The van der Waals surface area contributed by atoms with Crippen molar-refractivity contribution in [3.63, 3.8) is 0 Å². The summed E-state index contributed by atoms with van der Waals surface area (Å²) in [7, 11) is 0. The standard InChI is InChI=1S/C22H28F2N4O3S.C17H20F2N4OS/c1-22(2,3)31-21(29)25-18-7-15(27-8-13-9-28(12-32)26-19(13)10-27)11-30-20(18)16-6-14(23)4-5-17(16)24;18-11-1-2-14(19)13(3-11)17-15(20)4-12(8-24-17)22-5-10-6-23(9-25)21-16(10)7-22/h4-6,9,15,18,20,32H,7-8,10-12H2,1-3H3,(H,25,29);1-3,6,12,15,17,25H,4-5,7-9,20H2/t15-,18+,20-;12-,15+,17-/m11/s1. The van der Waals surface area contributed by atoms with Crippen molar-refractivity contribution in [3.05, 3.63) is 106 Å². The SMILES string of the molecule is CC(C)(C)OC(=O)N[C@H]1C[C@@H](N2Cc3cn(CS)nc3C2)CO[C@@H]1c1cc(F)ccc1F.N[C@H]1C[C@@H](N2Cc3cn(CS)nc3C2)CO[C@@H]1c1cc(F)ccc1F. The number of halogens is 4. The maximum absolute atomic E-state index is 14.5. The summed E-state index contributed by atoms with van der Waals surface area (Å²) < 4.78 is 76.7. The second-order valence-electron chi connectivity index (χ2n) is 15.9. The third-order valence-corrected chi connectivity index (χ3v) is 11.2. The number of fused-ring (bicyclic) bond motifs is 2. The third kappa shape index (κ3) is 9.64. The first-order chi connectivity index (χ1) is 27.2. The quantitative estimate of drug-likeness (QED) is 0.131. The molecule has 0 radical (unpaired) electrons. The second kappa shape index (κ2) is 17.3. The Morgan fingerprint density at radius 3 is 1.77 bits per heavy atom. The molecule has 6 heterocycles. The number of nitrogens with two attached hydrogens (primary N) is 1. The van der Waals surface area contributed by atoms with Crippen molar-refractivity contribution in [1.29, 1.82) is 0 Å². The van der Waals surface area contributed by atoms with Crippen molar-refractivity contribution in [2.75, 3.05) is 13.2 Å². The zero-order valence-corrected chi connectivity index (χ0v) is 33.7. The number of carbonyl (C=O) groups excluding carboxylic acids is 1. The van der Waals surface area contributed by atoms with Gasteiger partial charge in [-0.3, -0.25) is 19.2 Å². The van der Waals surface area contributed by atoms with E-state index in [2.05, 4.69) is 50.6 Å². The molecule has 0 unspecified atom stereocenters. The molecule has 3 N–H and O–H groups in total. The van der Waals surface area contributed by atoms with Crippen molar-refractivity contribution in [1.82, 2.24) is 34.7 Å². The summed E-state index contributed by atoms with van der Waals surface area (Å²) in [6, 6.07) is 5.78. The highest BCUT2D eigenvalue weighted by molar-refractivity contribution is 7.79. The summed E-state index contributed by atoms with van der Waals surface area (Å²) in [6.07, 6.45) is 3.08. The van der Waals surface area contributed by atoms with E-state index in [1.54, 1.807) is 25.5 Å². The van der Waals surface area contributed by atoms with E-state index in [-0.39, 0.29) is 29.3 Å². The van der Waals surface area contributed by atoms with Crippen LogP contribution in [0.15, 0.2) is 48.8 Å². The molecule has 0 saturated carbocycles. The number of amides is 1. The largest absolute Gasteiger partial charge is 0.444 e. The van der Waals surface area contributed by atoms with Crippen molar-refractivity contribution in [2.45, 2.75) is 114 Å². The monoisotopic (exact) mass is 832 g/mol. The van der Waals surface area contributed by atoms with Crippen LogP contribution in [0.3, 0.4) is 0 Å². The first-order valence-electron chi connectivity index (χ1n) is 18.9. The minimum Gasteiger partial charge on any atom is -0.444 e. The average Bonchev–Trinajstić information content (AvgIpc) is 3.93. The fraction of sp³-hybridized carbons (Fsp3) is 0.513. The number of thiol groups is 2. The lowest BCUT2D eigenvalue weighted by molar-refractivity contribution is -0.0629. The number of aromatic nitrogens is 4. The molecule has 2 saturated heterocycles. The number of nitrogens with one attached hydrogen (secondary N) is 1. The number of ether oxygens (including phenoxy) is 3. The van der Waals surface area contributed by atoms with Crippen LogP contribution in [0.4, 0.5) is 22.4 Å². The fourth-order valence-corrected chi connectivity index (χ4v) is 8.28. The van der Waals surface area contributed by atoms with Gasteiger partial charge in [0.2, 0.25) is 0 Å². The van der Waals surface area contributed by atoms with Crippen LogP contribution in [0.25, 0.3) is 0 Å². The highest BCUT2D eigenvalue weighted by atomic mass is 32.1. The first-order valence-corrected chi connectivity index (χ1v) is 20.1. The van der Waals surface area contributed by atoms with Crippen LogP contribution >= 0.6 is 25.3 Å². The van der Waals surface area contributed by atoms with Gasteiger partial charge in [-0.1, -0.05) is 0 Å². The van der Waals surface area contributed by atoms with Gasteiger partial charge in [-0.2, -0.15) is 35.5 Å². The van der Waals surface area contributed by atoms with E-state index in [0.717, 1.165) is 60.4 Å². The van der Waals surface area contributed by atoms with E-state index < -0.39 is 53.2 Å². The molecule has 4 aliphatic heterocycles. The van der Waals surface area contributed by atoms with E-state index >= 15 is 0 Å². The van der Waals surface area contributed by atoms with Crippen molar-refractivity contribution in [2.24, 2.45) is 5.73 Å². The van der Waals surface area contributed by atoms with Crippen LogP contribution < -0.4 is 11.1 Å². The Hall–Kier alpha value is -3.65. The highest BCUT2D eigenvalue weighted by Gasteiger charge is 2.41. The summed E-state index contributed by atoms with van der Waals surface area (Å²) in [5.74, 6) is -1.03. The Labute approximate surface area is 339 Å². The van der Waals surface area contributed by atoms with Crippen LogP contribution in [-0.4, -0.2) is 78.4 Å². The van der Waals surface area contributed by atoms with Gasteiger partial charge in [0.25, 0.3) is 0 Å². The Morgan fingerprint density at radius 2 is 1.30 bits per heavy atom. The summed E-state index contributed by atoms with van der Waals surface area (Å²) in [6.45, 7) is 8.96. The Morgan fingerprint density at radius 1 is 0.807 bits per heavy atom. The van der Waals surface area contributed by atoms with Crippen LogP contribution in [-0.2, 0) is 52.1 Å². The Balaban J connectivity index is 0.000000179. The summed E-state index contributed by atoms with van der Waals surface area (Å²) in [4.78, 5) is 17.0. The molecule has 4 aromatic rings. The molecule has 2 fully saturated rings. The zero-order chi connectivity index (χ0) is 40.6. The summed E-state index contributed by atoms with van der Waals surface area (Å²) >= 11 is 8.47. The van der Waals surface area contributed by atoms with Gasteiger partial charge in [0.05, 0.1) is 42.4 Å². The normalized spacial score (nSPS) is 25.1. The Bertz CT molecular complexity index is 2020. The number of hydrogen-bond acceptors (Lipinski definition) is 11. The molecule has 0 aliphatic carbocycles. The molecule has 2 aromatic carbocycles. The number of hydrogen-bond donors (Lipinski definition) is 4. The van der Waals surface area contributed by atoms with Crippen molar-refractivity contribution in [3.8, 4) is 0 Å². The van der Waals surface area contributed by atoms with Gasteiger partial charge in [0, 0.05) is 79.0 Å². The van der Waals surface area contributed by atoms with E-state index in [9.17, 15) is 22.4 Å². The van der Waals surface area contributed by atoms with Crippen LogP contribution in [0.2, 0.25) is 0 Å². The molecule has 12 nitrogen and oxygen atoms in total. The molecule has 2 aromatic heterocycles. The molecule has 1 amide bonds. The molecule has 308 valence electrons. The lowest BCUT2D eigenvalue weighted by Gasteiger charge is -2.40.